The normalized spacial score (nSPS) is 13.7. The van der Waals surface area contributed by atoms with Crippen LogP contribution in [0, 0.1) is 0 Å². The summed E-state index contributed by atoms with van der Waals surface area (Å²) in [4.78, 5) is 15.3. The summed E-state index contributed by atoms with van der Waals surface area (Å²) >= 11 is 1.08. The maximum Gasteiger partial charge on any atom is 0.257 e. The van der Waals surface area contributed by atoms with Crippen LogP contribution in [0.3, 0.4) is 0 Å². The Balaban J connectivity index is 2.39. The van der Waals surface area contributed by atoms with Gasteiger partial charge in [0.05, 0.1) is 10.1 Å². The van der Waals surface area contributed by atoms with Gasteiger partial charge in [-0.1, -0.05) is 11.8 Å². The monoisotopic (exact) mass is 329 g/mol. The number of oxazole rings is 1. The molecule has 21 heavy (non-hydrogen) atoms. The molecule has 0 spiro atoms. The number of hydrogen-bond acceptors (Lipinski definition) is 6. The molecule has 2 aromatic rings. The van der Waals surface area contributed by atoms with Crippen molar-refractivity contribution in [1.82, 2.24) is 9.29 Å². The van der Waals surface area contributed by atoms with Crippen LogP contribution in [0.4, 0.5) is 0 Å². The Kier molecular flexibility index (Phi) is 4.26. The van der Waals surface area contributed by atoms with E-state index in [-0.39, 0.29) is 10.1 Å². The molecule has 0 bridgehead atoms. The first-order chi connectivity index (χ1) is 9.71. The lowest BCUT2D eigenvalue weighted by Gasteiger charge is -2.10. The SMILES string of the molecule is C[C@H](Sc1nc2cc(S(=O)(=O)N(C)C)ccc2o1)C(N)=O. The van der Waals surface area contributed by atoms with Crippen LogP contribution in [-0.4, -0.2) is 43.0 Å². The van der Waals surface area contributed by atoms with Crippen molar-refractivity contribution in [3.63, 3.8) is 0 Å². The molecule has 0 aliphatic rings. The minimum atomic E-state index is -3.52. The van der Waals surface area contributed by atoms with Gasteiger partial charge >= 0.3 is 0 Å². The molecule has 9 heteroatoms. The minimum absolute atomic E-state index is 0.132. The van der Waals surface area contributed by atoms with E-state index in [0.717, 1.165) is 16.1 Å². The molecule has 0 saturated heterocycles. The fraction of sp³-hybridized carbons (Fsp3) is 0.333. The predicted octanol–water partition coefficient (Wildman–Crippen LogP) is 1.04. The van der Waals surface area contributed by atoms with Gasteiger partial charge in [-0.2, -0.15) is 0 Å². The lowest BCUT2D eigenvalue weighted by Crippen LogP contribution is -2.22. The van der Waals surface area contributed by atoms with Crippen LogP contribution in [0.15, 0.2) is 32.7 Å². The molecule has 0 aliphatic carbocycles. The third-order valence-electron chi connectivity index (χ3n) is 2.80. The lowest BCUT2D eigenvalue weighted by molar-refractivity contribution is -0.117. The van der Waals surface area contributed by atoms with Gasteiger partial charge in [-0.3, -0.25) is 4.79 Å². The first kappa shape index (κ1) is 15.8. The predicted molar refractivity (Wildman–Crippen MR) is 79.4 cm³/mol. The number of rotatable bonds is 5. The average Bonchev–Trinajstić information content (AvgIpc) is 2.79. The second-order valence-electron chi connectivity index (χ2n) is 4.56. The second-order valence-corrected chi connectivity index (χ2v) is 8.00. The molecular formula is C12H15N3O4S2. The highest BCUT2D eigenvalue weighted by molar-refractivity contribution is 8.00. The molecule has 1 heterocycles. The molecule has 0 unspecified atom stereocenters. The molecular weight excluding hydrogens is 314 g/mol. The molecule has 1 atom stereocenters. The van der Waals surface area contributed by atoms with Gasteiger partial charge in [0.1, 0.15) is 5.52 Å². The van der Waals surface area contributed by atoms with E-state index in [2.05, 4.69) is 4.98 Å². The standard InChI is InChI=1S/C12H15N3O4S2/c1-7(11(13)16)20-12-14-9-6-8(4-5-10(9)19-12)21(17,18)15(2)3/h4-7H,1-3H3,(H2,13,16)/t7-/m0/s1. The van der Waals surface area contributed by atoms with Gasteiger partial charge in [-0.15, -0.1) is 0 Å². The number of aromatic nitrogens is 1. The molecule has 1 aromatic carbocycles. The number of hydrogen-bond donors (Lipinski definition) is 1. The highest BCUT2D eigenvalue weighted by atomic mass is 32.2. The molecule has 1 aromatic heterocycles. The van der Waals surface area contributed by atoms with Gasteiger partial charge in [-0.05, 0) is 25.1 Å². The van der Waals surface area contributed by atoms with Crippen molar-refractivity contribution < 1.29 is 17.6 Å². The van der Waals surface area contributed by atoms with E-state index in [1.165, 1.54) is 32.3 Å². The second kappa shape index (κ2) is 5.66. The Morgan fingerprint density at radius 3 is 2.67 bits per heavy atom. The molecule has 0 fully saturated rings. The van der Waals surface area contributed by atoms with E-state index in [0.29, 0.717) is 11.1 Å². The van der Waals surface area contributed by atoms with Gasteiger partial charge in [0.25, 0.3) is 5.22 Å². The number of nitrogens with two attached hydrogens (primary N) is 1. The summed E-state index contributed by atoms with van der Waals surface area (Å²) in [6.45, 7) is 1.64. The van der Waals surface area contributed by atoms with E-state index >= 15 is 0 Å². The molecule has 2 rings (SSSR count). The topological polar surface area (TPSA) is 106 Å². The van der Waals surface area contributed by atoms with Crippen LogP contribution in [0.1, 0.15) is 6.92 Å². The van der Waals surface area contributed by atoms with E-state index in [9.17, 15) is 13.2 Å². The molecule has 0 saturated carbocycles. The van der Waals surface area contributed by atoms with Gasteiger partial charge in [0.15, 0.2) is 5.58 Å². The van der Waals surface area contributed by atoms with E-state index in [1.54, 1.807) is 6.92 Å². The van der Waals surface area contributed by atoms with Crippen LogP contribution in [-0.2, 0) is 14.8 Å². The van der Waals surface area contributed by atoms with E-state index < -0.39 is 21.2 Å². The number of sulfonamides is 1. The summed E-state index contributed by atoms with van der Waals surface area (Å²) in [5, 5.41) is -0.209. The fourth-order valence-electron chi connectivity index (χ4n) is 1.52. The largest absolute Gasteiger partial charge is 0.431 e. The number of fused-ring (bicyclic) bond motifs is 1. The fourth-order valence-corrected chi connectivity index (χ4v) is 3.15. The molecule has 7 nitrogen and oxygen atoms in total. The van der Waals surface area contributed by atoms with Crippen molar-refractivity contribution >= 4 is 38.8 Å². The summed E-state index contributed by atoms with van der Waals surface area (Å²) in [6.07, 6.45) is 0. The summed E-state index contributed by atoms with van der Waals surface area (Å²) in [5.41, 5.74) is 6.04. The zero-order valence-electron chi connectivity index (χ0n) is 11.7. The summed E-state index contributed by atoms with van der Waals surface area (Å²) in [5.74, 6) is -0.474. The molecule has 1 amide bonds. The Hall–Kier alpha value is -1.58. The quantitative estimate of drug-likeness (QED) is 0.822. The molecule has 2 N–H and O–H groups in total. The Bertz CT molecular complexity index is 783. The van der Waals surface area contributed by atoms with Gasteiger partial charge < -0.3 is 10.2 Å². The summed E-state index contributed by atoms with van der Waals surface area (Å²) in [6, 6.07) is 4.43. The van der Waals surface area contributed by atoms with Crippen LogP contribution >= 0.6 is 11.8 Å². The number of primary amides is 1. The first-order valence-corrected chi connectivity index (χ1v) is 8.33. The van der Waals surface area contributed by atoms with Crippen LogP contribution in [0.5, 0.6) is 0 Å². The van der Waals surface area contributed by atoms with E-state index in [1.807, 2.05) is 0 Å². The van der Waals surface area contributed by atoms with Crippen LogP contribution < -0.4 is 5.73 Å². The maximum atomic E-state index is 12.1. The maximum absolute atomic E-state index is 12.1. The molecule has 0 aliphatic heterocycles. The molecule has 114 valence electrons. The van der Waals surface area contributed by atoms with Gasteiger partial charge in [0, 0.05) is 14.1 Å². The van der Waals surface area contributed by atoms with Crippen molar-refractivity contribution in [2.75, 3.05) is 14.1 Å². The highest BCUT2D eigenvalue weighted by Crippen LogP contribution is 2.28. The summed E-state index contributed by atoms with van der Waals surface area (Å²) in [7, 11) is -0.612. The first-order valence-electron chi connectivity index (χ1n) is 6.01. The van der Waals surface area contributed by atoms with Gasteiger partial charge in [0.2, 0.25) is 15.9 Å². The van der Waals surface area contributed by atoms with Crippen molar-refractivity contribution in [3.8, 4) is 0 Å². The third-order valence-corrected chi connectivity index (χ3v) is 5.57. The van der Waals surface area contributed by atoms with Crippen molar-refractivity contribution in [1.29, 1.82) is 0 Å². The smallest absolute Gasteiger partial charge is 0.257 e. The Labute approximate surface area is 126 Å². The van der Waals surface area contributed by atoms with Crippen LogP contribution in [0.25, 0.3) is 11.1 Å². The number of carbonyl (C=O) groups is 1. The van der Waals surface area contributed by atoms with Crippen molar-refractivity contribution in [2.45, 2.75) is 22.3 Å². The Morgan fingerprint density at radius 2 is 2.10 bits per heavy atom. The number of amides is 1. The minimum Gasteiger partial charge on any atom is -0.431 e. The number of nitrogens with zero attached hydrogens (tertiary/aromatic N) is 2. The third kappa shape index (κ3) is 3.20. The van der Waals surface area contributed by atoms with E-state index in [4.69, 9.17) is 10.2 Å². The lowest BCUT2D eigenvalue weighted by atomic mass is 10.3. The number of thioether (sulfide) groups is 1. The summed E-state index contributed by atoms with van der Waals surface area (Å²) < 4.78 is 30.7. The van der Waals surface area contributed by atoms with Crippen LogP contribution in [0.2, 0.25) is 0 Å². The number of benzene rings is 1. The van der Waals surface area contributed by atoms with Gasteiger partial charge in [-0.25, -0.2) is 17.7 Å². The zero-order valence-corrected chi connectivity index (χ0v) is 13.4. The molecule has 0 radical (unpaired) electrons. The average molecular weight is 329 g/mol. The Morgan fingerprint density at radius 1 is 1.43 bits per heavy atom. The van der Waals surface area contributed by atoms with Crippen molar-refractivity contribution in [2.24, 2.45) is 5.73 Å². The number of carbonyl (C=O) groups excluding carboxylic acids is 1. The zero-order chi connectivity index (χ0) is 15.8. The highest BCUT2D eigenvalue weighted by Gasteiger charge is 2.20. The van der Waals surface area contributed by atoms with Crippen molar-refractivity contribution in [3.05, 3.63) is 18.2 Å².